The van der Waals surface area contributed by atoms with E-state index in [-0.39, 0.29) is 5.75 Å². The van der Waals surface area contributed by atoms with Gasteiger partial charge in [0.2, 0.25) is 0 Å². The Bertz CT molecular complexity index is 459. The number of carbonyl (C=O) groups is 1. The van der Waals surface area contributed by atoms with Crippen LogP contribution in [0.5, 0.6) is 5.75 Å². The first kappa shape index (κ1) is 14.6. The van der Waals surface area contributed by atoms with Crippen LogP contribution in [0.4, 0.5) is 0 Å². The molecule has 0 unspecified atom stereocenters. The summed E-state index contributed by atoms with van der Waals surface area (Å²) in [5, 5.41) is 19.1. The second kappa shape index (κ2) is 5.01. The smallest absolute Gasteiger partial charge is 0.309 e. The van der Waals surface area contributed by atoms with E-state index in [2.05, 4.69) is 13.8 Å². The first-order valence-corrected chi connectivity index (χ1v) is 6.21. The molecule has 100 valence electrons. The summed E-state index contributed by atoms with van der Waals surface area (Å²) in [6.45, 7) is 9.48. The lowest BCUT2D eigenvalue weighted by molar-refractivity contribution is -0.146. The largest absolute Gasteiger partial charge is 0.508 e. The van der Waals surface area contributed by atoms with Crippen molar-refractivity contribution in [1.29, 1.82) is 0 Å². The topological polar surface area (TPSA) is 57.5 Å². The van der Waals surface area contributed by atoms with Crippen molar-refractivity contribution in [2.75, 3.05) is 0 Å². The Balaban J connectivity index is 3.18. The third kappa shape index (κ3) is 3.03. The average molecular weight is 250 g/mol. The number of aliphatic carboxylic acids is 1. The van der Waals surface area contributed by atoms with Gasteiger partial charge in [-0.25, -0.2) is 0 Å². The van der Waals surface area contributed by atoms with Crippen molar-refractivity contribution in [3.05, 3.63) is 28.8 Å². The molecule has 0 aliphatic heterocycles. The van der Waals surface area contributed by atoms with Gasteiger partial charge < -0.3 is 10.2 Å². The summed E-state index contributed by atoms with van der Waals surface area (Å²) in [5.74, 6) is -0.308. The first-order valence-electron chi connectivity index (χ1n) is 6.21. The van der Waals surface area contributed by atoms with E-state index in [1.165, 1.54) is 0 Å². The first-order chi connectivity index (χ1) is 8.15. The SMILES string of the molecule is Cc1cc(O)c(CC(C)(C)C(=O)O)cc1C(C)C. The van der Waals surface area contributed by atoms with Gasteiger partial charge in [0.15, 0.2) is 0 Å². The van der Waals surface area contributed by atoms with Gasteiger partial charge in [0.05, 0.1) is 5.41 Å². The highest BCUT2D eigenvalue weighted by atomic mass is 16.4. The Morgan fingerprint density at radius 2 is 1.89 bits per heavy atom. The molecular formula is C15H22O3. The third-order valence-electron chi connectivity index (χ3n) is 3.30. The molecular weight excluding hydrogens is 228 g/mol. The normalized spacial score (nSPS) is 11.9. The molecule has 0 bridgehead atoms. The van der Waals surface area contributed by atoms with Crippen molar-refractivity contribution in [2.24, 2.45) is 5.41 Å². The molecule has 0 atom stereocenters. The Kier molecular flexibility index (Phi) is 4.05. The van der Waals surface area contributed by atoms with Crippen LogP contribution in [-0.4, -0.2) is 16.2 Å². The molecule has 2 N–H and O–H groups in total. The number of aromatic hydroxyl groups is 1. The van der Waals surface area contributed by atoms with Crippen LogP contribution in [0.2, 0.25) is 0 Å². The van der Waals surface area contributed by atoms with E-state index in [0.717, 1.165) is 11.1 Å². The lowest BCUT2D eigenvalue weighted by Crippen LogP contribution is -2.26. The molecule has 1 aromatic carbocycles. The van der Waals surface area contributed by atoms with Crippen LogP contribution >= 0.6 is 0 Å². The van der Waals surface area contributed by atoms with Gasteiger partial charge >= 0.3 is 5.97 Å². The second-order valence-electron chi connectivity index (χ2n) is 5.86. The van der Waals surface area contributed by atoms with Crippen LogP contribution in [0.3, 0.4) is 0 Å². The Hall–Kier alpha value is -1.51. The molecule has 18 heavy (non-hydrogen) atoms. The fourth-order valence-electron chi connectivity index (χ4n) is 2.07. The average Bonchev–Trinajstić information content (AvgIpc) is 2.21. The summed E-state index contributed by atoms with van der Waals surface area (Å²) in [6, 6.07) is 3.66. The maximum absolute atomic E-state index is 11.1. The fourth-order valence-corrected chi connectivity index (χ4v) is 2.07. The highest BCUT2D eigenvalue weighted by Gasteiger charge is 2.28. The number of hydrogen-bond acceptors (Lipinski definition) is 2. The molecule has 1 aromatic rings. The van der Waals surface area contributed by atoms with Gasteiger partial charge in [0, 0.05) is 0 Å². The highest BCUT2D eigenvalue weighted by molar-refractivity contribution is 5.74. The molecule has 0 aliphatic rings. The number of phenols is 1. The van der Waals surface area contributed by atoms with Crippen molar-refractivity contribution in [3.8, 4) is 5.75 Å². The molecule has 0 radical (unpaired) electrons. The molecule has 0 heterocycles. The number of benzene rings is 1. The fraction of sp³-hybridized carbons (Fsp3) is 0.533. The summed E-state index contributed by atoms with van der Waals surface area (Å²) in [6.07, 6.45) is 0.328. The maximum Gasteiger partial charge on any atom is 0.309 e. The van der Waals surface area contributed by atoms with Crippen LogP contribution in [0.1, 0.15) is 50.3 Å². The number of phenolic OH excluding ortho intramolecular Hbond substituents is 1. The number of hydrogen-bond donors (Lipinski definition) is 2. The van der Waals surface area contributed by atoms with E-state index in [4.69, 9.17) is 5.11 Å². The van der Waals surface area contributed by atoms with E-state index in [1.54, 1.807) is 19.9 Å². The zero-order valence-electron chi connectivity index (χ0n) is 11.7. The zero-order chi connectivity index (χ0) is 14.1. The van der Waals surface area contributed by atoms with E-state index in [9.17, 15) is 9.90 Å². The quantitative estimate of drug-likeness (QED) is 0.860. The maximum atomic E-state index is 11.1. The van der Waals surface area contributed by atoms with Gasteiger partial charge in [0.25, 0.3) is 0 Å². The third-order valence-corrected chi connectivity index (χ3v) is 3.30. The standard InChI is InChI=1S/C15H22O3/c1-9(2)12-7-11(13(16)6-10(12)3)8-15(4,5)14(17)18/h6-7,9,16H,8H2,1-5H3,(H,17,18). The van der Waals surface area contributed by atoms with Crippen molar-refractivity contribution in [3.63, 3.8) is 0 Å². The van der Waals surface area contributed by atoms with E-state index in [1.807, 2.05) is 13.0 Å². The summed E-state index contributed by atoms with van der Waals surface area (Å²) < 4.78 is 0. The monoisotopic (exact) mass is 250 g/mol. The van der Waals surface area contributed by atoms with E-state index < -0.39 is 11.4 Å². The second-order valence-corrected chi connectivity index (χ2v) is 5.86. The summed E-state index contributed by atoms with van der Waals surface area (Å²) >= 11 is 0. The number of aryl methyl sites for hydroxylation is 1. The zero-order valence-corrected chi connectivity index (χ0v) is 11.7. The molecule has 0 aliphatic carbocycles. The summed E-state index contributed by atoms with van der Waals surface area (Å²) in [4.78, 5) is 11.1. The highest BCUT2D eigenvalue weighted by Crippen LogP contribution is 2.32. The minimum atomic E-state index is -0.874. The van der Waals surface area contributed by atoms with Gasteiger partial charge in [0.1, 0.15) is 5.75 Å². The van der Waals surface area contributed by atoms with E-state index in [0.29, 0.717) is 17.9 Å². The van der Waals surface area contributed by atoms with Crippen molar-refractivity contribution in [2.45, 2.75) is 47.0 Å². The summed E-state index contributed by atoms with van der Waals surface area (Å²) in [7, 11) is 0. The van der Waals surface area contributed by atoms with Crippen LogP contribution in [0.25, 0.3) is 0 Å². The van der Waals surface area contributed by atoms with Crippen LogP contribution < -0.4 is 0 Å². The predicted octanol–water partition coefficient (Wildman–Crippen LogP) is 3.48. The van der Waals surface area contributed by atoms with Crippen molar-refractivity contribution < 1.29 is 15.0 Å². The lowest BCUT2D eigenvalue weighted by Gasteiger charge is -2.21. The Labute approximate surface area is 108 Å². The Morgan fingerprint density at radius 3 is 2.33 bits per heavy atom. The molecule has 3 heteroatoms. The van der Waals surface area contributed by atoms with Crippen LogP contribution in [-0.2, 0) is 11.2 Å². The molecule has 0 saturated heterocycles. The van der Waals surface area contributed by atoms with Crippen molar-refractivity contribution >= 4 is 5.97 Å². The van der Waals surface area contributed by atoms with Gasteiger partial charge in [-0.15, -0.1) is 0 Å². The van der Waals surface area contributed by atoms with Crippen LogP contribution in [0, 0.1) is 12.3 Å². The summed E-state index contributed by atoms with van der Waals surface area (Å²) in [5.41, 5.74) is 2.03. The lowest BCUT2D eigenvalue weighted by atomic mass is 9.83. The molecule has 0 spiro atoms. The van der Waals surface area contributed by atoms with E-state index >= 15 is 0 Å². The number of carboxylic acids is 1. The molecule has 0 fully saturated rings. The van der Waals surface area contributed by atoms with Gasteiger partial charge in [-0.2, -0.15) is 0 Å². The predicted molar refractivity (Wildman–Crippen MR) is 72.1 cm³/mol. The van der Waals surface area contributed by atoms with Gasteiger partial charge in [-0.1, -0.05) is 19.9 Å². The molecule has 1 rings (SSSR count). The molecule has 3 nitrogen and oxygen atoms in total. The Morgan fingerprint density at radius 1 is 1.33 bits per heavy atom. The van der Waals surface area contributed by atoms with Crippen LogP contribution in [0.15, 0.2) is 12.1 Å². The molecule has 0 amide bonds. The molecule has 0 aromatic heterocycles. The number of rotatable bonds is 4. The van der Waals surface area contributed by atoms with Crippen molar-refractivity contribution in [1.82, 2.24) is 0 Å². The van der Waals surface area contributed by atoms with Gasteiger partial charge in [-0.3, -0.25) is 4.79 Å². The minimum absolute atomic E-state index is 0.186. The number of carboxylic acid groups (broad SMARTS) is 1. The molecule has 0 saturated carbocycles. The minimum Gasteiger partial charge on any atom is -0.508 e. The van der Waals surface area contributed by atoms with Gasteiger partial charge in [-0.05, 0) is 55.9 Å².